The zero-order valence-corrected chi connectivity index (χ0v) is 37.7. The first-order valence-electron chi connectivity index (χ1n) is 17.5. The summed E-state index contributed by atoms with van der Waals surface area (Å²) in [5, 5.41) is 0. The van der Waals surface area contributed by atoms with Crippen molar-refractivity contribution in [2.24, 2.45) is 0 Å². The Hall–Kier alpha value is -2.32. The van der Waals surface area contributed by atoms with Crippen molar-refractivity contribution in [2.75, 3.05) is 0 Å². The molecule has 0 radical (unpaired) electrons. The van der Waals surface area contributed by atoms with Gasteiger partial charge in [0.2, 0.25) is 0 Å². The van der Waals surface area contributed by atoms with Crippen LogP contribution < -0.4 is 0 Å². The third-order valence-corrected chi connectivity index (χ3v) is 11.3. The molecule has 4 aromatic rings. The Morgan fingerprint density at radius 2 is 1.00 bits per heavy atom. The zero-order chi connectivity index (χ0) is 35.5. The summed E-state index contributed by atoms with van der Waals surface area (Å²) in [6.45, 7) is 27.2. The van der Waals surface area contributed by atoms with Crippen molar-refractivity contribution in [3.05, 3.63) is 154 Å². The molecule has 2 aliphatic carbocycles. The van der Waals surface area contributed by atoms with Gasteiger partial charge >= 0.3 is 150 Å². The van der Waals surface area contributed by atoms with Crippen LogP contribution in [0.25, 0.3) is 11.1 Å². The second-order valence-corrected chi connectivity index (χ2v) is 19.2. The molecule has 0 unspecified atom stereocenters. The summed E-state index contributed by atoms with van der Waals surface area (Å²) in [6.07, 6.45) is 11.0. The molecule has 0 saturated heterocycles. The molecule has 2 aliphatic rings. The van der Waals surface area contributed by atoms with Crippen molar-refractivity contribution in [1.82, 2.24) is 0 Å². The molecule has 0 saturated carbocycles. The van der Waals surface area contributed by atoms with E-state index in [1.54, 1.807) is 0 Å². The molecule has 0 bridgehead atoms. The van der Waals surface area contributed by atoms with E-state index in [2.05, 4.69) is 180 Å². The van der Waals surface area contributed by atoms with Gasteiger partial charge in [0, 0.05) is 0 Å². The fourth-order valence-corrected chi connectivity index (χ4v) is 6.96. The van der Waals surface area contributed by atoms with Gasteiger partial charge in [-0.2, -0.15) is 35.4 Å². The first kappa shape index (κ1) is 43.8. The van der Waals surface area contributed by atoms with Gasteiger partial charge < -0.3 is 0 Å². The van der Waals surface area contributed by atoms with E-state index in [1.807, 2.05) is 12.2 Å². The Balaban J connectivity index is 0.000000293. The number of halogens is 2. The van der Waals surface area contributed by atoms with E-state index in [4.69, 9.17) is 0 Å². The van der Waals surface area contributed by atoms with E-state index in [0.717, 1.165) is 36.7 Å². The first-order valence-corrected chi connectivity index (χ1v) is 19.3. The SMILES string of the molecule is CC(C)(C)c1c[c-]c2c(c1)-c1cc(C(C)(C)C)ccc1C2.CC(C)(C)c1ccc([C](=[Hf+2])c2ccc(C(C)(C)C)cc2)cc1.Cl.Cl.[C-]1=CC=CC1. The topological polar surface area (TPSA) is 0 Å². The van der Waals surface area contributed by atoms with Gasteiger partial charge in [-0.15, -0.1) is 36.8 Å². The van der Waals surface area contributed by atoms with Crippen LogP contribution in [-0.2, 0) is 52.0 Å². The van der Waals surface area contributed by atoms with Crippen LogP contribution >= 0.6 is 24.8 Å². The molecule has 0 fully saturated rings. The summed E-state index contributed by atoms with van der Waals surface area (Å²) in [5.41, 5.74) is 14.7. The van der Waals surface area contributed by atoms with Crippen LogP contribution in [0.3, 0.4) is 0 Å². The molecule has 0 N–H and O–H groups in total. The summed E-state index contributed by atoms with van der Waals surface area (Å²) in [4.78, 5) is 0. The van der Waals surface area contributed by atoms with Gasteiger partial charge in [-0.25, -0.2) is 12.2 Å². The standard InChI is InChI=1S/C21H25.C21H26.C5H5.2ClH.Hf/c1-20(2,3)16-9-7-14-11-15-8-10-17(21(4,5)6)13-19(15)18(14)12-16;1-20(2,3)18-11-7-16(8-12-18)15-17-9-13-19(14-10-17)21(4,5)6;1-2-4-5-3-1;;;/h7,9-10,12-13H,11H2,1-6H3;7-14H,1-6H3;1-3H,4H2;2*1H;/q-1;;-1;;;+2. The predicted molar refractivity (Wildman–Crippen MR) is 220 cm³/mol. The fraction of sp³-hybridized carbons (Fsp3) is 0.383. The predicted octanol–water partition coefficient (Wildman–Crippen LogP) is 13.2. The number of allylic oxidation sites excluding steroid dienone is 4. The van der Waals surface area contributed by atoms with Gasteiger partial charge in [-0.3, -0.25) is 6.08 Å². The van der Waals surface area contributed by atoms with Crippen molar-refractivity contribution >= 4 is 28.1 Å². The second-order valence-electron chi connectivity index (χ2n) is 17.4. The molecule has 0 atom stereocenters. The summed E-state index contributed by atoms with van der Waals surface area (Å²) >= 11 is 1.06. The Labute approximate surface area is 332 Å². The van der Waals surface area contributed by atoms with Gasteiger partial charge in [-0.05, 0) is 17.4 Å². The summed E-state index contributed by atoms with van der Waals surface area (Å²) in [5.74, 6) is 0. The molecular weight excluding hydrogens is 814 g/mol. The van der Waals surface area contributed by atoms with Gasteiger partial charge in [0.1, 0.15) is 0 Å². The van der Waals surface area contributed by atoms with Crippen molar-refractivity contribution in [3.8, 4) is 11.1 Å². The van der Waals surface area contributed by atoms with Gasteiger partial charge in [0.25, 0.3) is 0 Å². The molecule has 0 spiro atoms. The molecular formula is C47H58Cl2Hf. The molecule has 0 aromatic heterocycles. The van der Waals surface area contributed by atoms with E-state index >= 15 is 0 Å². The maximum absolute atomic E-state index is 3.53. The molecule has 6 rings (SSSR count). The van der Waals surface area contributed by atoms with Crippen molar-refractivity contribution < 1.29 is 23.9 Å². The van der Waals surface area contributed by atoms with Crippen LogP contribution in [0.2, 0.25) is 0 Å². The number of rotatable bonds is 2. The first-order chi connectivity index (χ1) is 22.2. The monoisotopic (exact) mass is 872 g/mol. The smallest absolute Gasteiger partial charge is 0.109 e. The van der Waals surface area contributed by atoms with Crippen molar-refractivity contribution in [2.45, 2.75) is 118 Å². The van der Waals surface area contributed by atoms with Gasteiger partial charge in [0.05, 0.1) is 0 Å². The minimum absolute atomic E-state index is 0. The molecule has 4 aromatic carbocycles. The molecule has 264 valence electrons. The van der Waals surface area contributed by atoms with E-state index < -0.39 is 0 Å². The summed E-state index contributed by atoms with van der Waals surface area (Å²) < 4.78 is 1.47. The summed E-state index contributed by atoms with van der Waals surface area (Å²) in [6, 6.07) is 33.3. The van der Waals surface area contributed by atoms with Gasteiger partial charge in [-0.1, -0.05) is 76.3 Å². The quantitative estimate of drug-likeness (QED) is 0.122. The van der Waals surface area contributed by atoms with E-state index in [9.17, 15) is 0 Å². The molecule has 50 heavy (non-hydrogen) atoms. The van der Waals surface area contributed by atoms with Crippen LogP contribution in [0.5, 0.6) is 0 Å². The van der Waals surface area contributed by atoms with Crippen LogP contribution in [0.15, 0.2) is 97.1 Å². The van der Waals surface area contributed by atoms with Crippen molar-refractivity contribution in [3.63, 3.8) is 0 Å². The molecule has 0 heterocycles. The Bertz CT molecular complexity index is 1650. The second kappa shape index (κ2) is 17.5. The Morgan fingerprint density at radius 3 is 1.38 bits per heavy atom. The van der Waals surface area contributed by atoms with Crippen LogP contribution in [0.4, 0.5) is 0 Å². The minimum atomic E-state index is 0. The molecule has 0 nitrogen and oxygen atoms in total. The number of hydrogen-bond donors (Lipinski definition) is 0. The average Bonchev–Trinajstić information content (AvgIpc) is 3.71. The minimum Gasteiger partial charge on any atom is -0.273 e. The summed E-state index contributed by atoms with van der Waals surface area (Å²) in [7, 11) is 0. The molecule has 0 amide bonds. The number of hydrogen-bond acceptors (Lipinski definition) is 0. The van der Waals surface area contributed by atoms with Crippen molar-refractivity contribution in [1.29, 1.82) is 0 Å². The van der Waals surface area contributed by atoms with Crippen LogP contribution in [0, 0.1) is 12.1 Å². The van der Waals surface area contributed by atoms with Crippen LogP contribution in [0.1, 0.15) is 134 Å². The van der Waals surface area contributed by atoms with E-state index in [0.29, 0.717) is 0 Å². The third-order valence-electron chi connectivity index (χ3n) is 9.19. The maximum Gasteiger partial charge on any atom is -0.109 e. The van der Waals surface area contributed by atoms with Crippen LogP contribution in [-0.4, -0.2) is 3.26 Å². The Kier molecular flexibility index (Phi) is 15.3. The average molecular weight is 872 g/mol. The largest absolute Gasteiger partial charge is 0.273 e. The normalized spacial score (nSPS) is 13.1. The number of fused-ring (bicyclic) bond motifs is 3. The van der Waals surface area contributed by atoms with Gasteiger partial charge in [0.15, 0.2) is 0 Å². The Morgan fingerprint density at radius 1 is 0.560 bits per heavy atom. The zero-order valence-electron chi connectivity index (χ0n) is 32.5. The molecule has 3 heteroatoms. The van der Waals surface area contributed by atoms with E-state index in [1.165, 1.54) is 58.9 Å². The number of benzene rings is 4. The third kappa shape index (κ3) is 11.6. The van der Waals surface area contributed by atoms with E-state index in [-0.39, 0.29) is 46.5 Å². The fourth-order valence-electron chi connectivity index (χ4n) is 5.77. The molecule has 0 aliphatic heterocycles. The maximum atomic E-state index is 3.53.